The van der Waals surface area contributed by atoms with E-state index in [2.05, 4.69) is 16.0 Å². The molecule has 8 rings (SSSR count). The van der Waals surface area contributed by atoms with E-state index in [0.717, 1.165) is 30.4 Å². The van der Waals surface area contributed by atoms with Crippen LogP contribution in [0.15, 0.2) is 53.2 Å². The number of benzene rings is 1. The molecule has 4 aliphatic heterocycles. The fourth-order valence-corrected chi connectivity index (χ4v) is 5.75. The molecule has 7 heterocycles. The standard InChI is InChI=1S/C31H28N4O6/c1-37-27-11-20(31(36)35-16-22-12-23(17-35)39-22)15-34-29(27)28-13-25-30(41-28)24(4-7-33-25)18-2-3-26(19(10-18)14-32)40-21-5-8-38-9-6-21/h2-4,7,10-11,13,15,21-23H,5-6,8-9,12,16-17H2,1H3. The zero-order valence-corrected chi connectivity index (χ0v) is 22.5. The Labute approximate surface area is 236 Å². The first-order chi connectivity index (χ1) is 20.1. The van der Waals surface area contributed by atoms with E-state index in [1.54, 1.807) is 37.7 Å². The molecular formula is C31H28N4O6. The Balaban J connectivity index is 1.18. The molecule has 1 amide bonds. The summed E-state index contributed by atoms with van der Waals surface area (Å²) in [4.78, 5) is 24.0. The first-order valence-corrected chi connectivity index (χ1v) is 13.8. The third kappa shape index (κ3) is 4.77. The second kappa shape index (κ2) is 10.5. The van der Waals surface area contributed by atoms with E-state index >= 15 is 0 Å². The number of carbonyl (C=O) groups is 1. The summed E-state index contributed by atoms with van der Waals surface area (Å²) in [5, 5.41) is 9.86. The molecule has 4 saturated heterocycles. The lowest BCUT2D eigenvalue weighted by Gasteiger charge is -2.47. The molecule has 10 heteroatoms. The predicted molar refractivity (Wildman–Crippen MR) is 148 cm³/mol. The quantitative estimate of drug-likeness (QED) is 0.338. The van der Waals surface area contributed by atoms with Gasteiger partial charge in [-0.2, -0.15) is 5.26 Å². The van der Waals surface area contributed by atoms with Gasteiger partial charge in [-0.3, -0.25) is 9.78 Å². The number of amides is 1. The number of nitrogens with zero attached hydrogens (tertiary/aromatic N) is 4. The Morgan fingerprint density at radius 3 is 2.63 bits per heavy atom. The van der Waals surface area contributed by atoms with Gasteiger partial charge >= 0.3 is 0 Å². The predicted octanol–water partition coefficient (Wildman–Crippen LogP) is 4.61. The van der Waals surface area contributed by atoms with Crippen LogP contribution in [0.25, 0.3) is 33.7 Å². The number of hydrogen-bond donors (Lipinski definition) is 0. The monoisotopic (exact) mass is 552 g/mol. The van der Waals surface area contributed by atoms with Crippen molar-refractivity contribution in [3.8, 4) is 40.1 Å². The highest BCUT2D eigenvalue weighted by Crippen LogP contribution is 2.38. The molecule has 4 aromatic rings. The van der Waals surface area contributed by atoms with Crippen molar-refractivity contribution in [3.05, 3.63) is 59.9 Å². The lowest BCUT2D eigenvalue weighted by molar-refractivity contribution is -0.171. The lowest BCUT2D eigenvalue weighted by Crippen LogP contribution is -2.58. The molecule has 208 valence electrons. The molecule has 1 aromatic carbocycles. The number of aromatic nitrogens is 2. The summed E-state index contributed by atoms with van der Waals surface area (Å²) in [5.74, 6) is 1.36. The largest absolute Gasteiger partial charge is 0.494 e. The van der Waals surface area contributed by atoms with Gasteiger partial charge < -0.3 is 28.3 Å². The van der Waals surface area contributed by atoms with Crippen molar-refractivity contribution in [2.45, 2.75) is 37.6 Å². The van der Waals surface area contributed by atoms with Crippen molar-refractivity contribution in [1.82, 2.24) is 14.9 Å². The van der Waals surface area contributed by atoms with Gasteiger partial charge in [-0.25, -0.2) is 4.98 Å². The zero-order valence-electron chi connectivity index (χ0n) is 22.5. The number of pyridine rings is 2. The highest BCUT2D eigenvalue weighted by molar-refractivity contribution is 5.96. The highest BCUT2D eigenvalue weighted by Gasteiger charge is 2.40. The topological polar surface area (TPSA) is 120 Å². The van der Waals surface area contributed by atoms with E-state index in [1.165, 1.54) is 0 Å². The second-order valence-electron chi connectivity index (χ2n) is 10.5. The number of piperidine rings is 1. The Kier molecular flexibility index (Phi) is 6.53. The number of rotatable bonds is 6. The number of morpholine rings is 1. The first kappa shape index (κ1) is 25.5. The summed E-state index contributed by atoms with van der Waals surface area (Å²) >= 11 is 0. The summed E-state index contributed by atoms with van der Waals surface area (Å²) in [7, 11) is 1.54. The van der Waals surface area contributed by atoms with Crippen LogP contribution in [-0.2, 0) is 9.47 Å². The van der Waals surface area contributed by atoms with Gasteiger partial charge in [0.1, 0.15) is 34.9 Å². The molecule has 2 atom stereocenters. The normalized spacial score (nSPS) is 20.3. The molecule has 2 unspecified atom stereocenters. The SMILES string of the molecule is COc1cc(C(=O)N2CC3CC(C2)O3)cnc1-c1cc2nccc(-c3ccc(OC4CCOCC4)c(C#N)c3)c2o1. The summed E-state index contributed by atoms with van der Waals surface area (Å²) in [5.41, 5.74) is 4.15. The van der Waals surface area contributed by atoms with Crippen molar-refractivity contribution in [3.63, 3.8) is 0 Å². The summed E-state index contributed by atoms with van der Waals surface area (Å²) in [6, 6.07) is 13.2. The van der Waals surface area contributed by atoms with E-state index in [9.17, 15) is 10.1 Å². The van der Waals surface area contributed by atoms with Gasteiger partial charge in [0.15, 0.2) is 11.3 Å². The van der Waals surface area contributed by atoms with Gasteiger partial charge in [-0.15, -0.1) is 0 Å². The molecule has 10 nitrogen and oxygen atoms in total. The minimum Gasteiger partial charge on any atom is -0.494 e. The van der Waals surface area contributed by atoms with Crippen molar-refractivity contribution in [1.29, 1.82) is 5.26 Å². The summed E-state index contributed by atoms with van der Waals surface area (Å²) in [6.07, 6.45) is 6.16. The molecule has 4 aliphatic rings. The van der Waals surface area contributed by atoms with Crippen LogP contribution in [0.3, 0.4) is 0 Å². The number of carbonyl (C=O) groups excluding carboxylic acids is 1. The molecule has 41 heavy (non-hydrogen) atoms. The van der Waals surface area contributed by atoms with Crippen LogP contribution >= 0.6 is 0 Å². The van der Waals surface area contributed by atoms with Crippen LogP contribution in [0, 0.1) is 11.3 Å². The molecule has 0 saturated carbocycles. The fourth-order valence-electron chi connectivity index (χ4n) is 5.75. The molecular weight excluding hydrogens is 524 g/mol. The molecule has 0 N–H and O–H groups in total. The zero-order chi connectivity index (χ0) is 27.9. The fraction of sp³-hybridized carbons (Fsp3) is 0.355. The Morgan fingerprint density at radius 2 is 1.88 bits per heavy atom. The van der Waals surface area contributed by atoms with Crippen LogP contribution < -0.4 is 9.47 Å². The average Bonchev–Trinajstić information content (AvgIpc) is 3.45. The number of nitriles is 1. The van der Waals surface area contributed by atoms with Gasteiger partial charge in [-0.05, 0) is 29.8 Å². The van der Waals surface area contributed by atoms with E-state index in [4.69, 9.17) is 23.4 Å². The van der Waals surface area contributed by atoms with Gasteiger partial charge in [-0.1, -0.05) is 6.07 Å². The van der Waals surface area contributed by atoms with Gasteiger partial charge in [0.2, 0.25) is 0 Å². The first-order valence-electron chi connectivity index (χ1n) is 13.8. The molecule has 0 radical (unpaired) electrons. The van der Waals surface area contributed by atoms with E-state index in [1.807, 2.05) is 23.1 Å². The van der Waals surface area contributed by atoms with Crippen molar-refractivity contribution >= 4 is 17.0 Å². The van der Waals surface area contributed by atoms with Gasteiger partial charge in [0, 0.05) is 56.4 Å². The summed E-state index contributed by atoms with van der Waals surface area (Å²) < 4.78 is 29.1. The number of hydrogen-bond acceptors (Lipinski definition) is 9. The molecule has 4 fully saturated rings. The Morgan fingerprint density at radius 1 is 1.07 bits per heavy atom. The van der Waals surface area contributed by atoms with Crippen molar-refractivity contribution in [2.24, 2.45) is 0 Å². The lowest BCUT2D eigenvalue weighted by atomic mass is 9.98. The van der Waals surface area contributed by atoms with E-state index in [0.29, 0.717) is 71.5 Å². The third-order valence-electron chi connectivity index (χ3n) is 7.88. The smallest absolute Gasteiger partial charge is 0.255 e. The number of ether oxygens (including phenoxy) is 4. The maximum atomic E-state index is 13.1. The van der Waals surface area contributed by atoms with Crippen molar-refractivity contribution < 1.29 is 28.2 Å². The van der Waals surface area contributed by atoms with Crippen molar-refractivity contribution in [2.75, 3.05) is 33.4 Å². The van der Waals surface area contributed by atoms with Crippen LogP contribution in [-0.4, -0.2) is 72.5 Å². The molecule has 0 spiro atoms. The van der Waals surface area contributed by atoms with E-state index < -0.39 is 0 Å². The maximum Gasteiger partial charge on any atom is 0.255 e. The number of methoxy groups -OCH3 is 1. The highest BCUT2D eigenvalue weighted by atomic mass is 16.5. The molecule has 2 bridgehead atoms. The maximum absolute atomic E-state index is 13.1. The third-order valence-corrected chi connectivity index (χ3v) is 7.88. The second-order valence-corrected chi connectivity index (χ2v) is 10.5. The van der Waals surface area contributed by atoms with E-state index in [-0.39, 0.29) is 24.2 Å². The Bertz CT molecular complexity index is 1660. The van der Waals surface area contributed by atoms with Crippen LogP contribution in [0.4, 0.5) is 0 Å². The number of furan rings is 1. The minimum atomic E-state index is -0.0912. The van der Waals surface area contributed by atoms with Crippen LogP contribution in [0.2, 0.25) is 0 Å². The molecule has 0 aliphatic carbocycles. The van der Waals surface area contributed by atoms with Gasteiger partial charge in [0.05, 0.1) is 43.7 Å². The number of fused-ring (bicyclic) bond motifs is 3. The Hall–Kier alpha value is -4.46. The average molecular weight is 553 g/mol. The minimum absolute atomic E-state index is 0.0330. The van der Waals surface area contributed by atoms with Crippen LogP contribution in [0.5, 0.6) is 11.5 Å². The van der Waals surface area contributed by atoms with Crippen LogP contribution in [0.1, 0.15) is 35.2 Å². The summed E-state index contributed by atoms with van der Waals surface area (Å²) in [6.45, 7) is 2.50. The van der Waals surface area contributed by atoms with Gasteiger partial charge in [0.25, 0.3) is 5.91 Å². The molecule has 3 aromatic heterocycles.